The van der Waals surface area contributed by atoms with Crippen molar-refractivity contribution in [1.82, 2.24) is 10.9 Å². The minimum absolute atomic E-state index is 0.0550. The highest BCUT2D eigenvalue weighted by atomic mass is 35.5. The van der Waals surface area contributed by atoms with Gasteiger partial charge in [-0.15, -0.1) is 0 Å². The Labute approximate surface area is 136 Å². The number of carbonyl (C=O) groups is 1. The van der Waals surface area contributed by atoms with Crippen molar-refractivity contribution < 1.29 is 13.6 Å². The molecule has 120 valence electrons. The molecular formula is C16H14ClF2N3O. The minimum atomic E-state index is -0.543. The highest BCUT2D eigenvalue weighted by molar-refractivity contribution is 6.31. The van der Waals surface area contributed by atoms with Crippen LogP contribution < -0.4 is 16.2 Å². The number of halogens is 3. The van der Waals surface area contributed by atoms with E-state index in [9.17, 15) is 13.6 Å². The Kier molecular flexibility index (Phi) is 4.56. The number of anilines is 1. The van der Waals surface area contributed by atoms with Crippen molar-refractivity contribution in [3.05, 3.63) is 64.7 Å². The summed E-state index contributed by atoms with van der Waals surface area (Å²) >= 11 is 5.71. The van der Waals surface area contributed by atoms with Gasteiger partial charge in [0.1, 0.15) is 11.6 Å². The lowest BCUT2D eigenvalue weighted by molar-refractivity contribution is -0.119. The number of benzene rings is 2. The molecule has 3 N–H and O–H groups in total. The topological polar surface area (TPSA) is 53.2 Å². The second-order valence-corrected chi connectivity index (χ2v) is 5.69. The highest BCUT2D eigenvalue weighted by Gasteiger charge is 2.34. The van der Waals surface area contributed by atoms with Crippen molar-refractivity contribution in [2.75, 3.05) is 11.9 Å². The van der Waals surface area contributed by atoms with E-state index < -0.39 is 11.7 Å². The van der Waals surface area contributed by atoms with E-state index in [-0.39, 0.29) is 22.8 Å². The zero-order valence-corrected chi connectivity index (χ0v) is 12.7. The monoisotopic (exact) mass is 337 g/mol. The van der Waals surface area contributed by atoms with E-state index in [1.807, 2.05) is 0 Å². The summed E-state index contributed by atoms with van der Waals surface area (Å²) in [7, 11) is 0. The van der Waals surface area contributed by atoms with Crippen LogP contribution in [0.15, 0.2) is 42.5 Å². The zero-order chi connectivity index (χ0) is 16.4. The van der Waals surface area contributed by atoms with Crippen molar-refractivity contribution in [1.29, 1.82) is 0 Å². The Hall–Kier alpha value is -2.02. The molecule has 2 aromatic carbocycles. The van der Waals surface area contributed by atoms with Gasteiger partial charge in [-0.05, 0) is 35.9 Å². The van der Waals surface area contributed by atoms with Gasteiger partial charge in [0.25, 0.3) is 0 Å². The van der Waals surface area contributed by atoms with Gasteiger partial charge >= 0.3 is 0 Å². The molecule has 2 atom stereocenters. The Balaban J connectivity index is 1.75. The Morgan fingerprint density at radius 1 is 1.17 bits per heavy atom. The summed E-state index contributed by atoms with van der Waals surface area (Å²) in [6, 6.07) is 9.68. The van der Waals surface area contributed by atoms with Crippen molar-refractivity contribution in [2.24, 2.45) is 5.92 Å². The fourth-order valence-corrected chi connectivity index (χ4v) is 2.72. The molecule has 7 heteroatoms. The first-order chi connectivity index (χ1) is 11.0. The number of hydrogen-bond donors (Lipinski definition) is 3. The number of nitrogens with one attached hydrogen (secondary N) is 3. The largest absolute Gasteiger partial charge is 0.326 e. The summed E-state index contributed by atoms with van der Waals surface area (Å²) in [6.45, 7) is 0.419. The molecule has 1 amide bonds. The van der Waals surface area contributed by atoms with Crippen LogP contribution >= 0.6 is 11.6 Å². The van der Waals surface area contributed by atoms with Crippen LogP contribution in [0.25, 0.3) is 0 Å². The fraction of sp³-hybridized carbons (Fsp3) is 0.188. The van der Waals surface area contributed by atoms with Crippen LogP contribution in [0, 0.1) is 17.6 Å². The van der Waals surface area contributed by atoms with Gasteiger partial charge in [0.15, 0.2) is 0 Å². The summed E-state index contributed by atoms with van der Waals surface area (Å²) in [6.07, 6.45) is 0. The summed E-state index contributed by atoms with van der Waals surface area (Å²) in [5, 5.41) is 2.66. The van der Waals surface area contributed by atoms with Crippen LogP contribution in [0.4, 0.5) is 14.5 Å². The number of hydrazine groups is 1. The Morgan fingerprint density at radius 3 is 2.61 bits per heavy atom. The number of carbonyl (C=O) groups excluding carboxylic acids is 1. The lowest BCUT2D eigenvalue weighted by atomic mass is 9.94. The van der Waals surface area contributed by atoms with Gasteiger partial charge in [0.05, 0.1) is 17.0 Å². The SMILES string of the molecule is O=C(Nc1ccc(F)c(Cl)c1)C1CNNC1c1ccc(F)cc1. The van der Waals surface area contributed by atoms with Crippen LogP contribution in [0.2, 0.25) is 5.02 Å². The Morgan fingerprint density at radius 2 is 1.91 bits per heavy atom. The molecule has 1 fully saturated rings. The molecular weight excluding hydrogens is 324 g/mol. The average Bonchev–Trinajstić information content (AvgIpc) is 3.01. The minimum Gasteiger partial charge on any atom is -0.326 e. The molecule has 0 aliphatic carbocycles. The maximum absolute atomic E-state index is 13.2. The lowest BCUT2D eigenvalue weighted by Crippen LogP contribution is -2.29. The zero-order valence-electron chi connectivity index (χ0n) is 11.9. The predicted octanol–water partition coefficient (Wildman–Crippen LogP) is 3.02. The van der Waals surface area contributed by atoms with E-state index in [1.165, 1.54) is 30.3 Å². The molecule has 23 heavy (non-hydrogen) atoms. The van der Waals surface area contributed by atoms with Crippen LogP contribution in [0.3, 0.4) is 0 Å². The molecule has 1 saturated heterocycles. The quantitative estimate of drug-likeness (QED) is 0.807. The molecule has 2 unspecified atom stereocenters. The van der Waals surface area contributed by atoms with Crippen LogP contribution in [0.1, 0.15) is 11.6 Å². The van der Waals surface area contributed by atoms with E-state index in [1.54, 1.807) is 12.1 Å². The molecule has 1 aliphatic heterocycles. The van der Waals surface area contributed by atoms with Gasteiger partial charge in [0.2, 0.25) is 5.91 Å². The van der Waals surface area contributed by atoms with E-state index in [0.717, 1.165) is 5.56 Å². The van der Waals surface area contributed by atoms with Gasteiger partial charge in [-0.1, -0.05) is 23.7 Å². The van der Waals surface area contributed by atoms with Crippen LogP contribution in [-0.4, -0.2) is 12.5 Å². The first kappa shape index (κ1) is 15.9. The molecule has 2 aromatic rings. The first-order valence-corrected chi connectivity index (χ1v) is 7.42. The maximum atomic E-state index is 13.2. The van der Waals surface area contributed by atoms with Gasteiger partial charge < -0.3 is 5.32 Å². The van der Waals surface area contributed by atoms with E-state index in [4.69, 9.17) is 11.6 Å². The molecule has 1 aliphatic rings. The third-order valence-corrected chi connectivity index (χ3v) is 4.02. The van der Waals surface area contributed by atoms with Crippen LogP contribution in [-0.2, 0) is 4.79 Å². The third-order valence-electron chi connectivity index (χ3n) is 3.73. The molecule has 0 spiro atoms. The summed E-state index contributed by atoms with van der Waals surface area (Å²) < 4.78 is 26.2. The molecule has 1 heterocycles. The van der Waals surface area contributed by atoms with Gasteiger partial charge in [-0.25, -0.2) is 14.2 Å². The van der Waals surface area contributed by atoms with Crippen molar-refractivity contribution in [3.8, 4) is 0 Å². The van der Waals surface area contributed by atoms with Gasteiger partial charge in [0, 0.05) is 12.2 Å². The third kappa shape index (κ3) is 3.50. The van der Waals surface area contributed by atoms with Crippen molar-refractivity contribution in [3.63, 3.8) is 0 Å². The normalized spacial score (nSPS) is 20.5. The van der Waals surface area contributed by atoms with E-state index in [2.05, 4.69) is 16.2 Å². The lowest BCUT2D eigenvalue weighted by Gasteiger charge is -2.18. The smallest absolute Gasteiger partial charge is 0.230 e. The second-order valence-electron chi connectivity index (χ2n) is 5.28. The number of rotatable bonds is 3. The second kappa shape index (κ2) is 6.62. The predicted molar refractivity (Wildman–Crippen MR) is 83.8 cm³/mol. The maximum Gasteiger partial charge on any atom is 0.230 e. The number of amides is 1. The van der Waals surface area contributed by atoms with Gasteiger partial charge in [-0.2, -0.15) is 0 Å². The summed E-state index contributed by atoms with van der Waals surface area (Å²) in [5.41, 5.74) is 7.16. The van der Waals surface area contributed by atoms with Gasteiger partial charge in [-0.3, -0.25) is 10.2 Å². The molecule has 0 aromatic heterocycles. The summed E-state index contributed by atoms with van der Waals surface area (Å²) in [4.78, 5) is 12.5. The van der Waals surface area contributed by atoms with E-state index >= 15 is 0 Å². The molecule has 4 nitrogen and oxygen atoms in total. The molecule has 0 bridgehead atoms. The summed E-state index contributed by atoms with van der Waals surface area (Å²) in [5.74, 6) is -1.51. The van der Waals surface area contributed by atoms with Crippen molar-refractivity contribution >= 4 is 23.2 Å². The number of hydrogen-bond acceptors (Lipinski definition) is 3. The molecule has 0 saturated carbocycles. The average molecular weight is 338 g/mol. The highest BCUT2D eigenvalue weighted by Crippen LogP contribution is 2.27. The Bertz CT molecular complexity index is 724. The first-order valence-electron chi connectivity index (χ1n) is 7.04. The molecule has 0 radical (unpaired) electrons. The van der Waals surface area contributed by atoms with E-state index in [0.29, 0.717) is 12.2 Å². The van der Waals surface area contributed by atoms with Crippen LogP contribution in [0.5, 0.6) is 0 Å². The fourth-order valence-electron chi connectivity index (χ4n) is 2.54. The molecule has 3 rings (SSSR count). The standard InChI is InChI=1S/C16H14ClF2N3O/c17-13-7-11(5-6-14(13)19)21-16(23)12-8-20-22-15(12)9-1-3-10(18)4-2-9/h1-7,12,15,20,22H,8H2,(H,21,23). The van der Waals surface area contributed by atoms with Crippen molar-refractivity contribution in [2.45, 2.75) is 6.04 Å².